The highest BCUT2D eigenvalue weighted by Gasteiger charge is 2.19. The van der Waals surface area contributed by atoms with Crippen molar-refractivity contribution in [2.24, 2.45) is 0 Å². The summed E-state index contributed by atoms with van der Waals surface area (Å²) in [5.74, 6) is -2.98. The maximum Gasteiger partial charge on any atom is 0.232 e. The summed E-state index contributed by atoms with van der Waals surface area (Å²) in [7, 11) is -3.69. The number of sulfonamides is 1. The minimum absolute atomic E-state index is 0.0760. The summed E-state index contributed by atoms with van der Waals surface area (Å²) in [6.07, 6.45) is 0.859. The summed E-state index contributed by atoms with van der Waals surface area (Å²) in [5.41, 5.74) is -0.146. The Kier molecular flexibility index (Phi) is 6.72. The van der Waals surface area contributed by atoms with Crippen molar-refractivity contribution in [1.82, 2.24) is 0 Å². The van der Waals surface area contributed by atoms with Gasteiger partial charge in [-0.3, -0.25) is 4.72 Å². The molecule has 0 spiro atoms. The number of rotatable bonds is 7. The Balaban J connectivity index is 2.40. The van der Waals surface area contributed by atoms with E-state index < -0.39 is 27.5 Å². The number of halogens is 4. The molecule has 0 unspecified atom stereocenters. The fourth-order valence-electron chi connectivity index (χ4n) is 2.27. The van der Waals surface area contributed by atoms with Crippen LogP contribution in [0.1, 0.15) is 30.9 Å². The first-order chi connectivity index (χ1) is 11.7. The van der Waals surface area contributed by atoms with Gasteiger partial charge in [-0.2, -0.15) is 0 Å². The third-order valence-corrected chi connectivity index (χ3v) is 5.64. The Morgan fingerprint density at radius 3 is 2.44 bits per heavy atom. The molecule has 136 valence electrons. The lowest BCUT2D eigenvalue weighted by molar-refractivity contribution is 0.500. The van der Waals surface area contributed by atoms with Gasteiger partial charge < -0.3 is 0 Å². The van der Waals surface area contributed by atoms with Crippen LogP contribution in [0.15, 0.2) is 30.3 Å². The summed E-state index contributed by atoms with van der Waals surface area (Å²) in [6, 6.07) is 6.39. The van der Waals surface area contributed by atoms with E-state index in [2.05, 4.69) is 4.72 Å². The van der Waals surface area contributed by atoms with Crippen molar-refractivity contribution in [1.29, 1.82) is 0 Å². The zero-order chi connectivity index (χ0) is 18.6. The molecule has 0 saturated carbocycles. The normalized spacial score (nSPS) is 11.6. The van der Waals surface area contributed by atoms with Crippen LogP contribution in [0.5, 0.6) is 0 Å². The number of unbranched alkanes of at least 4 members (excludes halogenated alkanes) is 1. The molecule has 0 radical (unpaired) electrons. The van der Waals surface area contributed by atoms with Gasteiger partial charge in [0.2, 0.25) is 10.0 Å². The zero-order valence-corrected chi connectivity index (χ0v) is 16.4. The van der Waals surface area contributed by atoms with Crippen LogP contribution in [-0.4, -0.2) is 14.2 Å². The van der Waals surface area contributed by atoms with Crippen LogP contribution in [0.25, 0.3) is 0 Å². The van der Waals surface area contributed by atoms with E-state index in [1.54, 1.807) is 6.07 Å². The summed E-state index contributed by atoms with van der Waals surface area (Å²) in [4.78, 5) is 0. The third-order valence-electron chi connectivity index (χ3n) is 3.61. The molecule has 3 nitrogen and oxygen atoms in total. The lowest BCUT2D eigenvalue weighted by Gasteiger charge is -2.14. The Labute approximate surface area is 158 Å². The average molecular weight is 483 g/mol. The van der Waals surface area contributed by atoms with Crippen molar-refractivity contribution in [2.75, 3.05) is 10.5 Å². The highest BCUT2D eigenvalue weighted by Crippen LogP contribution is 2.27. The van der Waals surface area contributed by atoms with Crippen molar-refractivity contribution in [3.8, 4) is 0 Å². The summed E-state index contributed by atoms with van der Waals surface area (Å²) in [6.45, 7) is 1.85. The number of hydrogen-bond acceptors (Lipinski definition) is 2. The molecule has 0 saturated heterocycles. The molecule has 0 fully saturated rings. The van der Waals surface area contributed by atoms with Gasteiger partial charge in [-0.15, -0.1) is 0 Å². The van der Waals surface area contributed by atoms with Gasteiger partial charge in [0.1, 0.15) is 5.82 Å². The fraction of sp³-hybridized carbons (Fsp3) is 0.294. The Morgan fingerprint density at radius 2 is 1.80 bits per heavy atom. The predicted molar refractivity (Wildman–Crippen MR) is 101 cm³/mol. The Morgan fingerprint density at radius 1 is 1.08 bits per heavy atom. The first kappa shape index (κ1) is 20.0. The smallest absolute Gasteiger partial charge is 0.232 e. The second-order valence-electron chi connectivity index (χ2n) is 5.57. The molecule has 0 aromatic heterocycles. The molecule has 0 atom stereocenters. The van der Waals surface area contributed by atoms with Crippen molar-refractivity contribution >= 4 is 38.3 Å². The lowest BCUT2D eigenvalue weighted by Crippen LogP contribution is -2.18. The highest BCUT2D eigenvalue weighted by atomic mass is 127. The summed E-state index contributed by atoms with van der Waals surface area (Å²) in [5, 5.41) is 0. The quantitative estimate of drug-likeness (QED) is 0.573. The molecule has 0 bridgehead atoms. The third kappa shape index (κ3) is 5.34. The van der Waals surface area contributed by atoms with Crippen LogP contribution in [0.3, 0.4) is 0 Å². The van der Waals surface area contributed by atoms with Gasteiger partial charge in [0.15, 0.2) is 11.6 Å². The number of hydrogen-bond donors (Lipinski definition) is 1. The van der Waals surface area contributed by atoms with E-state index in [1.165, 1.54) is 12.1 Å². The minimum Gasteiger partial charge on any atom is -0.283 e. The molecule has 2 aromatic carbocycles. The predicted octanol–water partition coefficient (Wildman–Crippen LogP) is 4.84. The Hall–Kier alpha value is -1.29. The summed E-state index contributed by atoms with van der Waals surface area (Å²) >= 11 is 1.94. The zero-order valence-electron chi connectivity index (χ0n) is 13.5. The van der Waals surface area contributed by atoms with Crippen LogP contribution in [0, 0.1) is 21.0 Å². The lowest BCUT2D eigenvalue weighted by atomic mass is 10.0. The van der Waals surface area contributed by atoms with Crippen molar-refractivity contribution in [3.63, 3.8) is 0 Å². The number of anilines is 1. The van der Waals surface area contributed by atoms with Gasteiger partial charge in [-0.1, -0.05) is 19.4 Å². The molecule has 0 amide bonds. The fourth-order valence-corrected chi connectivity index (χ4v) is 4.02. The second kappa shape index (κ2) is 8.39. The van der Waals surface area contributed by atoms with Crippen LogP contribution >= 0.6 is 22.6 Å². The van der Waals surface area contributed by atoms with Crippen molar-refractivity contribution in [2.45, 2.75) is 26.2 Å². The van der Waals surface area contributed by atoms with E-state index in [9.17, 15) is 21.6 Å². The molecular weight excluding hydrogens is 466 g/mol. The summed E-state index contributed by atoms with van der Waals surface area (Å²) < 4.78 is 69.0. The van der Waals surface area contributed by atoms with E-state index in [4.69, 9.17) is 0 Å². The van der Waals surface area contributed by atoms with Crippen LogP contribution in [0.4, 0.5) is 18.9 Å². The van der Waals surface area contributed by atoms with Gasteiger partial charge in [0, 0.05) is 15.6 Å². The molecule has 0 aliphatic carbocycles. The van der Waals surface area contributed by atoms with Gasteiger partial charge in [0.05, 0.1) is 11.4 Å². The number of nitrogens with one attached hydrogen (secondary N) is 1. The van der Waals surface area contributed by atoms with E-state index in [0.29, 0.717) is 16.4 Å². The second-order valence-corrected chi connectivity index (χ2v) is 8.66. The van der Waals surface area contributed by atoms with Crippen molar-refractivity contribution < 1.29 is 21.6 Å². The first-order valence-electron chi connectivity index (χ1n) is 7.64. The van der Waals surface area contributed by atoms with Gasteiger partial charge in [-0.05, 0) is 58.8 Å². The van der Waals surface area contributed by atoms with Crippen molar-refractivity contribution in [3.05, 3.63) is 62.5 Å². The monoisotopic (exact) mass is 483 g/mol. The molecule has 0 aliphatic rings. The SMILES string of the molecule is CCCCS(=O)(=O)Nc1ccc(F)c(F)c1Cc1ccc(I)cc1F. The largest absolute Gasteiger partial charge is 0.283 e. The molecule has 1 N–H and O–H groups in total. The highest BCUT2D eigenvalue weighted by molar-refractivity contribution is 14.1. The number of benzene rings is 2. The van der Waals surface area contributed by atoms with E-state index in [-0.39, 0.29) is 29.0 Å². The minimum atomic E-state index is -3.69. The van der Waals surface area contributed by atoms with Crippen LogP contribution in [-0.2, 0) is 16.4 Å². The van der Waals surface area contributed by atoms with Gasteiger partial charge in [-0.25, -0.2) is 21.6 Å². The van der Waals surface area contributed by atoms with Crippen LogP contribution in [0.2, 0.25) is 0 Å². The molecule has 8 heteroatoms. The molecular formula is C17H17F3INO2S. The molecule has 0 aliphatic heterocycles. The van der Waals surface area contributed by atoms with E-state index in [1.807, 2.05) is 29.5 Å². The molecule has 25 heavy (non-hydrogen) atoms. The van der Waals surface area contributed by atoms with E-state index in [0.717, 1.165) is 12.1 Å². The maximum atomic E-state index is 14.3. The first-order valence-corrected chi connectivity index (χ1v) is 10.4. The molecule has 2 aromatic rings. The Bertz CT molecular complexity index is 872. The van der Waals surface area contributed by atoms with Crippen LogP contribution < -0.4 is 4.72 Å². The van der Waals surface area contributed by atoms with Gasteiger partial charge >= 0.3 is 0 Å². The molecule has 2 rings (SSSR count). The standard InChI is InChI=1S/C17H17F3INO2S/c1-2-3-8-25(23,24)22-16-7-6-14(18)17(20)13(16)9-11-4-5-12(21)10-15(11)19/h4-7,10,22H,2-3,8-9H2,1H3. The molecule has 0 heterocycles. The van der Waals surface area contributed by atoms with E-state index >= 15 is 0 Å². The average Bonchev–Trinajstić information content (AvgIpc) is 2.54. The topological polar surface area (TPSA) is 46.2 Å². The maximum absolute atomic E-state index is 14.3. The van der Waals surface area contributed by atoms with Gasteiger partial charge in [0.25, 0.3) is 0 Å².